The minimum Gasteiger partial charge on any atom is -0.144 e. The highest BCUT2D eigenvalue weighted by atomic mass is 32.1. The van der Waals surface area contributed by atoms with Gasteiger partial charge in [0, 0.05) is 4.88 Å². The first kappa shape index (κ1) is 12.6. The van der Waals surface area contributed by atoms with Crippen LogP contribution in [0.2, 0.25) is 19.6 Å². The van der Waals surface area contributed by atoms with E-state index in [1.54, 1.807) is 4.50 Å². The Morgan fingerprint density at radius 2 is 1.47 bits per heavy atom. The topological polar surface area (TPSA) is 0 Å². The summed E-state index contributed by atoms with van der Waals surface area (Å²) in [5, 5.41) is 0. The number of thiophene rings is 1. The summed E-state index contributed by atoms with van der Waals surface area (Å²) in [6, 6.07) is 10.8. The van der Waals surface area contributed by atoms with Crippen LogP contribution < -0.4 is 4.50 Å². The fourth-order valence-corrected chi connectivity index (χ4v) is 6.09. The minimum absolute atomic E-state index is 1.20. The number of rotatable bonds is 2. The minimum atomic E-state index is -1.20. The third kappa shape index (κ3) is 2.38. The third-order valence-electron chi connectivity index (χ3n) is 3.16. The Balaban J connectivity index is 2.59. The van der Waals surface area contributed by atoms with Gasteiger partial charge in [-0.3, -0.25) is 0 Å². The largest absolute Gasteiger partial charge is 0.144 e. The molecule has 0 N–H and O–H groups in total. The quantitative estimate of drug-likeness (QED) is 0.694. The number of hydrogen-bond donors (Lipinski definition) is 0. The molecular weight excluding hydrogens is 240 g/mol. The first-order valence-electron chi connectivity index (χ1n) is 6.07. The van der Waals surface area contributed by atoms with Crippen molar-refractivity contribution in [3.05, 3.63) is 41.5 Å². The van der Waals surface area contributed by atoms with Gasteiger partial charge in [-0.15, -0.1) is 11.3 Å². The van der Waals surface area contributed by atoms with E-state index in [0.29, 0.717) is 0 Å². The summed E-state index contributed by atoms with van der Waals surface area (Å²) in [7, 11) is -1.20. The summed E-state index contributed by atoms with van der Waals surface area (Å²) in [4.78, 5) is 1.46. The van der Waals surface area contributed by atoms with Gasteiger partial charge in [-0.25, -0.2) is 0 Å². The van der Waals surface area contributed by atoms with E-state index in [1.807, 2.05) is 11.3 Å². The van der Waals surface area contributed by atoms with Crippen molar-refractivity contribution in [2.45, 2.75) is 33.5 Å². The van der Waals surface area contributed by atoms with Crippen molar-refractivity contribution in [3.8, 4) is 10.4 Å². The second-order valence-electron chi connectivity index (χ2n) is 5.63. The molecule has 90 valence electrons. The van der Waals surface area contributed by atoms with Crippen molar-refractivity contribution < 1.29 is 0 Å². The lowest BCUT2D eigenvalue weighted by atomic mass is 10.1. The Bertz CT molecular complexity index is 518. The van der Waals surface area contributed by atoms with Crippen LogP contribution >= 0.6 is 11.3 Å². The zero-order chi connectivity index (χ0) is 12.6. The van der Waals surface area contributed by atoms with Crippen molar-refractivity contribution in [2.24, 2.45) is 0 Å². The van der Waals surface area contributed by atoms with Crippen molar-refractivity contribution in [1.29, 1.82) is 0 Å². The van der Waals surface area contributed by atoms with E-state index in [1.165, 1.54) is 21.6 Å². The standard InChI is InChI=1S/C15H20SSi/c1-11-12(2)15(17(3,4)5)16-14(11)13-9-7-6-8-10-13/h6-10H,1-5H3. The van der Waals surface area contributed by atoms with Crippen molar-refractivity contribution in [3.63, 3.8) is 0 Å². The molecule has 1 aromatic heterocycles. The van der Waals surface area contributed by atoms with Gasteiger partial charge in [0.2, 0.25) is 0 Å². The molecule has 0 aliphatic heterocycles. The molecule has 0 amide bonds. The average molecular weight is 260 g/mol. The summed E-state index contributed by atoms with van der Waals surface area (Å²) in [5.74, 6) is 0. The van der Waals surface area contributed by atoms with Crippen LogP contribution in [0.4, 0.5) is 0 Å². The predicted molar refractivity (Wildman–Crippen MR) is 82.2 cm³/mol. The summed E-state index contributed by atoms with van der Waals surface area (Å²) in [6.45, 7) is 11.8. The Hall–Kier alpha value is -0.863. The van der Waals surface area contributed by atoms with Crippen LogP contribution in [0.25, 0.3) is 10.4 Å². The van der Waals surface area contributed by atoms with E-state index in [2.05, 4.69) is 63.8 Å². The van der Waals surface area contributed by atoms with Gasteiger partial charge in [0.25, 0.3) is 0 Å². The van der Waals surface area contributed by atoms with Crippen LogP contribution in [0.15, 0.2) is 30.3 Å². The molecule has 0 unspecified atom stereocenters. The van der Waals surface area contributed by atoms with E-state index in [9.17, 15) is 0 Å². The lowest BCUT2D eigenvalue weighted by molar-refractivity contribution is 1.41. The highest BCUT2D eigenvalue weighted by Crippen LogP contribution is 2.32. The fraction of sp³-hybridized carbons (Fsp3) is 0.333. The van der Waals surface area contributed by atoms with E-state index < -0.39 is 8.07 Å². The second kappa shape index (κ2) is 4.43. The lowest BCUT2D eigenvalue weighted by Crippen LogP contribution is -2.36. The molecule has 0 fully saturated rings. The molecule has 1 heterocycles. The van der Waals surface area contributed by atoms with Gasteiger partial charge in [0.05, 0.1) is 8.07 Å². The zero-order valence-electron chi connectivity index (χ0n) is 11.3. The van der Waals surface area contributed by atoms with Gasteiger partial charge in [0.15, 0.2) is 0 Å². The molecule has 0 radical (unpaired) electrons. The van der Waals surface area contributed by atoms with Crippen molar-refractivity contribution in [1.82, 2.24) is 0 Å². The highest BCUT2D eigenvalue weighted by Gasteiger charge is 2.24. The highest BCUT2D eigenvalue weighted by molar-refractivity contribution is 7.29. The van der Waals surface area contributed by atoms with E-state index in [-0.39, 0.29) is 0 Å². The normalized spacial score (nSPS) is 11.8. The summed E-state index contributed by atoms with van der Waals surface area (Å²) >= 11 is 2.01. The maximum Gasteiger partial charge on any atom is 0.0907 e. The molecule has 0 saturated carbocycles. The first-order valence-corrected chi connectivity index (χ1v) is 10.4. The first-order chi connectivity index (χ1) is 7.91. The third-order valence-corrected chi connectivity index (χ3v) is 8.30. The van der Waals surface area contributed by atoms with Gasteiger partial charge in [-0.05, 0) is 35.0 Å². The van der Waals surface area contributed by atoms with Crippen LogP contribution in [0.5, 0.6) is 0 Å². The summed E-state index contributed by atoms with van der Waals surface area (Å²) in [6.07, 6.45) is 0. The average Bonchev–Trinajstić information content (AvgIpc) is 2.57. The molecule has 0 saturated heterocycles. The number of benzene rings is 1. The molecule has 2 rings (SSSR count). The van der Waals surface area contributed by atoms with Crippen LogP contribution in [0.1, 0.15) is 11.1 Å². The molecule has 0 spiro atoms. The summed E-state index contributed by atoms with van der Waals surface area (Å²) < 4.78 is 1.65. The fourth-order valence-electron chi connectivity index (χ4n) is 2.18. The Morgan fingerprint density at radius 1 is 0.882 bits per heavy atom. The molecule has 0 aliphatic carbocycles. The van der Waals surface area contributed by atoms with E-state index >= 15 is 0 Å². The van der Waals surface area contributed by atoms with Gasteiger partial charge < -0.3 is 0 Å². The molecule has 0 atom stereocenters. The van der Waals surface area contributed by atoms with Gasteiger partial charge in [-0.2, -0.15) is 0 Å². The Labute approximate surface area is 109 Å². The summed E-state index contributed by atoms with van der Waals surface area (Å²) in [5.41, 5.74) is 4.36. The van der Waals surface area contributed by atoms with Crippen molar-refractivity contribution in [2.75, 3.05) is 0 Å². The molecule has 0 bridgehead atoms. The SMILES string of the molecule is Cc1c(-c2ccccc2)sc([Si](C)(C)C)c1C. The predicted octanol–water partition coefficient (Wildman–Crippen LogP) is 4.58. The van der Waals surface area contributed by atoms with Crippen LogP contribution in [0.3, 0.4) is 0 Å². The van der Waals surface area contributed by atoms with Gasteiger partial charge in [0.1, 0.15) is 0 Å². The van der Waals surface area contributed by atoms with Gasteiger partial charge >= 0.3 is 0 Å². The van der Waals surface area contributed by atoms with E-state index in [0.717, 1.165) is 0 Å². The maximum absolute atomic E-state index is 2.43. The van der Waals surface area contributed by atoms with Crippen LogP contribution in [-0.4, -0.2) is 8.07 Å². The maximum atomic E-state index is 2.43. The molecule has 0 nitrogen and oxygen atoms in total. The Kier molecular flexibility index (Phi) is 3.28. The molecule has 17 heavy (non-hydrogen) atoms. The smallest absolute Gasteiger partial charge is 0.0907 e. The van der Waals surface area contributed by atoms with Gasteiger partial charge in [-0.1, -0.05) is 50.0 Å². The van der Waals surface area contributed by atoms with E-state index in [4.69, 9.17) is 0 Å². The number of hydrogen-bond acceptors (Lipinski definition) is 1. The van der Waals surface area contributed by atoms with Crippen LogP contribution in [-0.2, 0) is 0 Å². The Morgan fingerprint density at radius 3 is 1.94 bits per heavy atom. The monoisotopic (exact) mass is 260 g/mol. The molecule has 2 heteroatoms. The zero-order valence-corrected chi connectivity index (χ0v) is 13.1. The lowest BCUT2D eigenvalue weighted by Gasteiger charge is -2.14. The molecule has 1 aromatic carbocycles. The second-order valence-corrected chi connectivity index (χ2v) is 12.0. The van der Waals surface area contributed by atoms with Crippen LogP contribution in [0, 0.1) is 13.8 Å². The van der Waals surface area contributed by atoms with Crippen molar-refractivity contribution >= 4 is 23.9 Å². The molecule has 2 aromatic rings. The molecule has 0 aliphatic rings. The molecular formula is C15H20SSi.